The van der Waals surface area contributed by atoms with Crippen molar-refractivity contribution >= 4 is 33.4 Å². The Kier molecular flexibility index (Phi) is 3.17. The molecule has 0 aliphatic carbocycles. The first-order valence-electron chi connectivity index (χ1n) is 5.49. The summed E-state index contributed by atoms with van der Waals surface area (Å²) in [5.41, 5.74) is 7.30. The molecule has 1 aliphatic heterocycles. The lowest BCUT2D eigenvalue weighted by Crippen LogP contribution is -2.37. The molecule has 0 atom stereocenters. The molecule has 98 valence electrons. The van der Waals surface area contributed by atoms with E-state index in [4.69, 9.17) is 11.6 Å². The van der Waals surface area contributed by atoms with Gasteiger partial charge in [-0.1, -0.05) is 17.7 Å². The Labute approximate surface area is 123 Å². The lowest BCUT2D eigenvalue weighted by Gasteiger charge is -2.11. The van der Waals surface area contributed by atoms with Crippen molar-refractivity contribution in [2.45, 2.75) is 0 Å². The van der Waals surface area contributed by atoms with E-state index in [0.717, 1.165) is 21.7 Å². The highest BCUT2D eigenvalue weighted by atomic mass is 79.9. The number of nitrogens with zero attached hydrogens (tertiary/aromatic N) is 4. The number of nitrogens with one attached hydrogen (secondary N) is 2. The normalized spacial score (nSPS) is 14.5. The van der Waals surface area contributed by atoms with Crippen LogP contribution in [0.3, 0.4) is 0 Å². The number of rotatable bonds is 2. The van der Waals surface area contributed by atoms with Crippen LogP contribution < -0.4 is 11.1 Å². The lowest BCUT2D eigenvalue weighted by molar-refractivity contribution is 0.349. The minimum atomic E-state index is 0.667. The molecule has 2 heterocycles. The van der Waals surface area contributed by atoms with Gasteiger partial charge in [-0.05, 0) is 34.1 Å². The third kappa shape index (κ3) is 2.20. The number of hydrogen-bond donors (Lipinski definition) is 2. The largest absolute Gasteiger partial charge is 0.274 e. The summed E-state index contributed by atoms with van der Waals surface area (Å²) >= 11 is 9.54. The van der Waals surface area contributed by atoms with Crippen molar-refractivity contribution in [3.8, 4) is 5.69 Å². The van der Waals surface area contributed by atoms with Crippen molar-refractivity contribution in [3.05, 3.63) is 45.7 Å². The summed E-state index contributed by atoms with van der Waals surface area (Å²) in [4.78, 5) is 0. The van der Waals surface area contributed by atoms with Gasteiger partial charge in [-0.2, -0.15) is 5.10 Å². The van der Waals surface area contributed by atoms with Gasteiger partial charge < -0.3 is 0 Å². The summed E-state index contributed by atoms with van der Waals surface area (Å²) in [6.07, 6.45) is 1.75. The smallest absolute Gasteiger partial charge is 0.177 e. The van der Waals surface area contributed by atoms with Crippen LogP contribution in [0.4, 0.5) is 0 Å². The number of hydrogen-bond acceptors (Lipinski definition) is 5. The van der Waals surface area contributed by atoms with E-state index in [0.29, 0.717) is 5.02 Å². The third-order valence-corrected chi connectivity index (χ3v) is 3.70. The molecular formula is C11H10BrClN6. The number of hydrazine groups is 2. The van der Waals surface area contributed by atoms with Crippen molar-refractivity contribution in [1.29, 1.82) is 0 Å². The Morgan fingerprint density at radius 2 is 2.21 bits per heavy atom. The van der Waals surface area contributed by atoms with Gasteiger partial charge in [0.05, 0.1) is 17.4 Å². The van der Waals surface area contributed by atoms with Gasteiger partial charge in [0.15, 0.2) is 5.84 Å². The van der Waals surface area contributed by atoms with Gasteiger partial charge in [-0.15, -0.1) is 10.6 Å². The second-order valence-corrected chi connectivity index (χ2v) is 5.15. The summed E-state index contributed by atoms with van der Waals surface area (Å²) in [5, 5.41) is 10.9. The van der Waals surface area contributed by atoms with Gasteiger partial charge in [0.2, 0.25) is 0 Å². The number of aromatic nitrogens is 2. The number of amidine groups is 1. The van der Waals surface area contributed by atoms with Crippen LogP contribution in [0.25, 0.3) is 5.69 Å². The van der Waals surface area contributed by atoms with Crippen LogP contribution in [0.15, 0.2) is 40.2 Å². The first-order valence-corrected chi connectivity index (χ1v) is 6.66. The number of benzene rings is 1. The van der Waals surface area contributed by atoms with Crippen molar-refractivity contribution in [3.63, 3.8) is 0 Å². The number of hydrazone groups is 1. The fourth-order valence-electron chi connectivity index (χ4n) is 1.79. The average molecular weight is 342 g/mol. The van der Waals surface area contributed by atoms with E-state index in [1.165, 1.54) is 0 Å². The van der Waals surface area contributed by atoms with Gasteiger partial charge >= 0.3 is 0 Å². The van der Waals surface area contributed by atoms with E-state index >= 15 is 0 Å². The summed E-state index contributed by atoms with van der Waals surface area (Å²) in [7, 11) is 1.86. The highest BCUT2D eigenvalue weighted by molar-refractivity contribution is 9.10. The molecule has 1 aliphatic rings. The maximum Gasteiger partial charge on any atom is 0.177 e. The van der Waals surface area contributed by atoms with E-state index < -0.39 is 0 Å². The molecule has 0 radical (unpaired) electrons. The second kappa shape index (κ2) is 4.84. The molecular weight excluding hydrogens is 332 g/mol. The molecule has 0 unspecified atom stereocenters. The SMILES string of the molecule is CN1NNN=C1c1cnn(-c2cccc(Cl)c2)c1Br. The summed E-state index contributed by atoms with van der Waals surface area (Å²) in [6.45, 7) is 0. The molecule has 0 fully saturated rings. The van der Waals surface area contributed by atoms with Crippen molar-refractivity contribution in [2.75, 3.05) is 7.05 Å². The highest BCUT2D eigenvalue weighted by Crippen LogP contribution is 2.24. The fraction of sp³-hybridized carbons (Fsp3) is 0.0909. The maximum absolute atomic E-state index is 6.00. The monoisotopic (exact) mass is 340 g/mol. The molecule has 0 saturated heterocycles. The highest BCUT2D eigenvalue weighted by Gasteiger charge is 2.21. The van der Waals surface area contributed by atoms with Crippen LogP contribution in [0.1, 0.15) is 5.56 Å². The molecule has 1 aromatic carbocycles. The molecule has 8 heteroatoms. The summed E-state index contributed by atoms with van der Waals surface area (Å²) in [6, 6.07) is 7.49. The van der Waals surface area contributed by atoms with Crippen LogP contribution >= 0.6 is 27.5 Å². The average Bonchev–Trinajstić information content (AvgIpc) is 2.95. The zero-order valence-electron chi connectivity index (χ0n) is 9.93. The van der Waals surface area contributed by atoms with Gasteiger partial charge in [0.1, 0.15) is 4.60 Å². The molecule has 3 rings (SSSR count). The Hall–Kier alpha value is -1.57. The van der Waals surface area contributed by atoms with Crippen LogP contribution in [0, 0.1) is 0 Å². The molecule has 0 amide bonds. The van der Waals surface area contributed by atoms with Crippen molar-refractivity contribution in [1.82, 2.24) is 25.9 Å². The Morgan fingerprint density at radius 3 is 2.89 bits per heavy atom. The Balaban J connectivity index is 2.04. The van der Waals surface area contributed by atoms with E-state index in [2.05, 4.69) is 37.2 Å². The Morgan fingerprint density at radius 1 is 1.37 bits per heavy atom. The molecule has 6 nitrogen and oxygen atoms in total. The first-order chi connectivity index (χ1) is 9.16. The molecule has 0 bridgehead atoms. The molecule has 19 heavy (non-hydrogen) atoms. The second-order valence-electron chi connectivity index (χ2n) is 3.96. The van der Waals surface area contributed by atoms with Gasteiger partial charge in [0.25, 0.3) is 0 Å². The predicted octanol–water partition coefficient (Wildman–Crippen LogP) is 1.90. The van der Waals surface area contributed by atoms with Crippen LogP contribution in [0.2, 0.25) is 5.02 Å². The van der Waals surface area contributed by atoms with Crippen LogP contribution in [-0.4, -0.2) is 27.7 Å². The third-order valence-electron chi connectivity index (χ3n) is 2.70. The Bertz CT molecular complexity index is 652. The van der Waals surface area contributed by atoms with E-state index in [1.54, 1.807) is 15.9 Å². The van der Waals surface area contributed by atoms with Gasteiger partial charge in [-0.3, -0.25) is 5.01 Å². The topological polar surface area (TPSA) is 57.5 Å². The lowest BCUT2D eigenvalue weighted by atomic mass is 10.3. The fourth-order valence-corrected chi connectivity index (χ4v) is 2.55. The van der Waals surface area contributed by atoms with Gasteiger partial charge in [-0.25, -0.2) is 10.2 Å². The van der Waals surface area contributed by atoms with Crippen LogP contribution in [0.5, 0.6) is 0 Å². The molecule has 0 saturated carbocycles. The number of halogens is 2. The van der Waals surface area contributed by atoms with E-state index in [-0.39, 0.29) is 0 Å². The molecule has 2 N–H and O–H groups in total. The van der Waals surface area contributed by atoms with Crippen molar-refractivity contribution in [2.24, 2.45) is 5.10 Å². The first kappa shape index (κ1) is 12.5. The van der Waals surface area contributed by atoms with Crippen LogP contribution in [-0.2, 0) is 0 Å². The predicted molar refractivity (Wildman–Crippen MR) is 76.8 cm³/mol. The summed E-state index contributed by atoms with van der Waals surface area (Å²) < 4.78 is 2.57. The zero-order chi connectivity index (χ0) is 13.4. The molecule has 2 aromatic rings. The van der Waals surface area contributed by atoms with Gasteiger partial charge in [0, 0.05) is 12.1 Å². The summed E-state index contributed by atoms with van der Waals surface area (Å²) in [5.74, 6) is 0.750. The zero-order valence-corrected chi connectivity index (χ0v) is 12.3. The minimum Gasteiger partial charge on any atom is -0.274 e. The maximum atomic E-state index is 6.00. The quantitative estimate of drug-likeness (QED) is 0.876. The van der Waals surface area contributed by atoms with Crippen molar-refractivity contribution < 1.29 is 0 Å². The van der Waals surface area contributed by atoms with E-state index in [9.17, 15) is 0 Å². The molecule has 0 spiro atoms. The molecule has 1 aromatic heterocycles. The van der Waals surface area contributed by atoms with E-state index in [1.807, 2.05) is 31.3 Å². The standard InChI is InChI=1S/C11H10BrClN6/c1-18-11(15-16-17-18)9-6-14-19(10(9)12)8-4-2-3-7(13)5-8/h2-6,16-17H,1H3. The minimum absolute atomic E-state index is 0.667.